The van der Waals surface area contributed by atoms with Gasteiger partial charge in [-0.15, -0.1) is 0 Å². The zero-order chi connectivity index (χ0) is 13.4. The maximum Gasteiger partial charge on any atom is 0.159 e. The van der Waals surface area contributed by atoms with E-state index in [0.717, 1.165) is 22.3 Å². The lowest BCUT2D eigenvalue weighted by atomic mass is 10.1. The number of rotatable bonds is 2. The van der Waals surface area contributed by atoms with Gasteiger partial charge in [0, 0.05) is 21.5 Å². The van der Waals surface area contributed by atoms with Gasteiger partial charge in [-0.2, -0.15) is 0 Å². The Morgan fingerprint density at radius 1 is 1.05 bits per heavy atom. The number of benzene rings is 2. The first kappa shape index (κ1) is 12.0. The Bertz CT molecular complexity index is 754. The van der Waals surface area contributed by atoms with Crippen molar-refractivity contribution in [3.8, 4) is 11.3 Å². The van der Waals surface area contributed by atoms with E-state index in [9.17, 15) is 4.79 Å². The van der Waals surface area contributed by atoms with Crippen LogP contribution in [0.15, 0.2) is 52.9 Å². The molecule has 94 valence electrons. The molecule has 0 bridgehead atoms. The van der Waals surface area contributed by atoms with Crippen LogP contribution in [0.4, 0.5) is 0 Å². The Kier molecular flexibility index (Phi) is 2.88. The molecule has 0 spiro atoms. The minimum Gasteiger partial charge on any atom is -0.456 e. The summed E-state index contributed by atoms with van der Waals surface area (Å²) in [5, 5.41) is 1.66. The topological polar surface area (TPSA) is 30.2 Å². The lowest BCUT2D eigenvalue weighted by molar-refractivity contribution is 0.101. The molecule has 0 aliphatic carbocycles. The number of Topliss-reactive ketones (excluding diaryl/α,β-unsaturated/α-hetero) is 1. The smallest absolute Gasteiger partial charge is 0.159 e. The Labute approximate surface area is 115 Å². The van der Waals surface area contributed by atoms with Crippen LogP contribution in [-0.2, 0) is 0 Å². The molecule has 0 saturated heterocycles. The average molecular weight is 271 g/mol. The van der Waals surface area contributed by atoms with E-state index in [1.165, 1.54) is 0 Å². The first-order valence-electron chi connectivity index (χ1n) is 5.94. The zero-order valence-corrected chi connectivity index (χ0v) is 11.1. The van der Waals surface area contributed by atoms with Gasteiger partial charge in [0.15, 0.2) is 5.78 Å². The Morgan fingerprint density at radius 2 is 1.79 bits per heavy atom. The van der Waals surface area contributed by atoms with Crippen LogP contribution in [-0.4, -0.2) is 5.78 Å². The third-order valence-electron chi connectivity index (χ3n) is 3.05. The second kappa shape index (κ2) is 4.56. The van der Waals surface area contributed by atoms with E-state index in [1.807, 2.05) is 30.3 Å². The molecule has 0 atom stereocenters. The quantitative estimate of drug-likeness (QED) is 0.616. The Morgan fingerprint density at radius 3 is 2.47 bits per heavy atom. The van der Waals surface area contributed by atoms with Crippen LogP contribution < -0.4 is 0 Å². The SMILES string of the molecule is CC(=O)c1ccc(-c2cc3cc(Cl)ccc3o2)cc1. The fraction of sp³-hybridized carbons (Fsp3) is 0.0625. The average Bonchev–Trinajstić information content (AvgIpc) is 2.81. The van der Waals surface area contributed by atoms with Gasteiger partial charge in [-0.05, 0) is 31.2 Å². The van der Waals surface area contributed by atoms with Gasteiger partial charge < -0.3 is 4.42 Å². The molecule has 0 aliphatic heterocycles. The Hall–Kier alpha value is -2.06. The van der Waals surface area contributed by atoms with E-state index in [4.69, 9.17) is 16.0 Å². The van der Waals surface area contributed by atoms with Gasteiger partial charge in [0.25, 0.3) is 0 Å². The summed E-state index contributed by atoms with van der Waals surface area (Å²) in [5.41, 5.74) is 2.44. The molecule has 0 radical (unpaired) electrons. The number of ketones is 1. The summed E-state index contributed by atoms with van der Waals surface area (Å²) in [5.74, 6) is 0.829. The molecule has 0 saturated carbocycles. The standard InChI is InChI=1S/C16H11ClO2/c1-10(18)11-2-4-12(5-3-11)16-9-13-8-14(17)6-7-15(13)19-16/h2-9H,1H3. The minimum atomic E-state index is 0.0583. The number of carbonyl (C=O) groups excluding carboxylic acids is 1. The summed E-state index contributed by atoms with van der Waals surface area (Å²) in [6.07, 6.45) is 0. The van der Waals surface area contributed by atoms with Gasteiger partial charge in [0.1, 0.15) is 11.3 Å². The molecule has 3 heteroatoms. The van der Waals surface area contributed by atoms with Crippen molar-refractivity contribution in [2.75, 3.05) is 0 Å². The highest BCUT2D eigenvalue weighted by Gasteiger charge is 2.07. The summed E-state index contributed by atoms with van der Waals surface area (Å²) in [7, 11) is 0. The molecule has 0 aliphatic rings. The fourth-order valence-electron chi connectivity index (χ4n) is 2.03. The van der Waals surface area contributed by atoms with Crippen LogP contribution in [0, 0.1) is 0 Å². The molecule has 1 heterocycles. The summed E-state index contributed by atoms with van der Waals surface area (Å²) in [6, 6.07) is 14.8. The van der Waals surface area contributed by atoms with Gasteiger partial charge in [-0.25, -0.2) is 0 Å². The summed E-state index contributed by atoms with van der Waals surface area (Å²) >= 11 is 5.95. The number of halogens is 1. The number of furan rings is 1. The maximum atomic E-state index is 11.2. The molecule has 2 nitrogen and oxygen atoms in total. The van der Waals surface area contributed by atoms with Crippen LogP contribution in [0.25, 0.3) is 22.3 Å². The molecule has 1 aromatic heterocycles. The molecule has 0 unspecified atom stereocenters. The fourth-order valence-corrected chi connectivity index (χ4v) is 2.21. The van der Waals surface area contributed by atoms with Crippen molar-refractivity contribution in [3.05, 3.63) is 59.1 Å². The van der Waals surface area contributed by atoms with Gasteiger partial charge >= 0.3 is 0 Å². The second-order valence-electron chi connectivity index (χ2n) is 4.43. The summed E-state index contributed by atoms with van der Waals surface area (Å²) in [6.45, 7) is 1.55. The molecule has 0 N–H and O–H groups in total. The van der Waals surface area contributed by atoms with Crippen molar-refractivity contribution in [2.45, 2.75) is 6.92 Å². The lowest BCUT2D eigenvalue weighted by Crippen LogP contribution is -1.90. The molecular formula is C16H11ClO2. The monoisotopic (exact) mass is 270 g/mol. The molecule has 3 aromatic rings. The van der Waals surface area contributed by atoms with E-state index in [2.05, 4.69) is 0 Å². The minimum absolute atomic E-state index is 0.0583. The molecule has 2 aromatic carbocycles. The number of fused-ring (bicyclic) bond motifs is 1. The highest BCUT2D eigenvalue weighted by Crippen LogP contribution is 2.29. The van der Waals surface area contributed by atoms with E-state index in [0.29, 0.717) is 10.6 Å². The van der Waals surface area contributed by atoms with Crippen molar-refractivity contribution < 1.29 is 9.21 Å². The highest BCUT2D eigenvalue weighted by atomic mass is 35.5. The van der Waals surface area contributed by atoms with Crippen molar-refractivity contribution in [1.82, 2.24) is 0 Å². The second-order valence-corrected chi connectivity index (χ2v) is 4.86. The van der Waals surface area contributed by atoms with Crippen LogP contribution in [0.1, 0.15) is 17.3 Å². The van der Waals surface area contributed by atoms with Crippen LogP contribution >= 0.6 is 11.6 Å². The highest BCUT2D eigenvalue weighted by molar-refractivity contribution is 6.31. The van der Waals surface area contributed by atoms with Crippen LogP contribution in [0.2, 0.25) is 5.02 Å². The summed E-state index contributed by atoms with van der Waals surface area (Å²) < 4.78 is 5.77. The number of hydrogen-bond acceptors (Lipinski definition) is 2. The summed E-state index contributed by atoms with van der Waals surface area (Å²) in [4.78, 5) is 11.2. The van der Waals surface area contributed by atoms with Crippen molar-refractivity contribution in [2.24, 2.45) is 0 Å². The predicted octanol–water partition coefficient (Wildman–Crippen LogP) is 4.96. The molecule has 3 rings (SSSR count). The van der Waals surface area contributed by atoms with E-state index in [1.54, 1.807) is 25.1 Å². The van der Waals surface area contributed by atoms with Gasteiger partial charge in [-0.3, -0.25) is 4.79 Å². The van der Waals surface area contributed by atoms with Crippen LogP contribution in [0.5, 0.6) is 0 Å². The largest absolute Gasteiger partial charge is 0.456 e. The van der Waals surface area contributed by atoms with E-state index >= 15 is 0 Å². The first-order valence-corrected chi connectivity index (χ1v) is 6.32. The van der Waals surface area contributed by atoms with E-state index < -0.39 is 0 Å². The number of carbonyl (C=O) groups is 1. The van der Waals surface area contributed by atoms with E-state index in [-0.39, 0.29) is 5.78 Å². The predicted molar refractivity (Wildman–Crippen MR) is 76.7 cm³/mol. The van der Waals surface area contributed by atoms with Crippen LogP contribution in [0.3, 0.4) is 0 Å². The van der Waals surface area contributed by atoms with Crippen molar-refractivity contribution in [3.63, 3.8) is 0 Å². The molecular weight excluding hydrogens is 260 g/mol. The first-order chi connectivity index (χ1) is 9.13. The molecule has 0 fully saturated rings. The zero-order valence-electron chi connectivity index (χ0n) is 10.3. The third kappa shape index (κ3) is 2.27. The third-order valence-corrected chi connectivity index (χ3v) is 3.29. The van der Waals surface area contributed by atoms with Crippen molar-refractivity contribution >= 4 is 28.4 Å². The lowest BCUT2D eigenvalue weighted by Gasteiger charge is -1.98. The Balaban J connectivity index is 2.06. The normalized spacial score (nSPS) is 10.8. The van der Waals surface area contributed by atoms with Gasteiger partial charge in [0.2, 0.25) is 0 Å². The maximum absolute atomic E-state index is 11.2. The van der Waals surface area contributed by atoms with Gasteiger partial charge in [-0.1, -0.05) is 35.9 Å². The molecule has 0 amide bonds. The molecule has 19 heavy (non-hydrogen) atoms. The number of hydrogen-bond donors (Lipinski definition) is 0. The van der Waals surface area contributed by atoms with Gasteiger partial charge in [0.05, 0.1) is 0 Å². The van der Waals surface area contributed by atoms with Crippen molar-refractivity contribution in [1.29, 1.82) is 0 Å².